The van der Waals surface area contributed by atoms with Gasteiger partial charge in [-0.3, -0.25) is 0 Å². The fourth-order valence-corrected chi connectivity index (χ4v) is 2.15. The van der Waals surface area contributed by atoms with Crippen molar-refractivity contribution < 1.29 is 9.84 Å². The van der Waals surface area contributed by atoms with Crippen LogP contribution in [-0.2, 0) is 11.3 Å². The Hall–Kier alpha value is -1.10. The first kappa shape index (κ1) is 16.0. The SMILES string of the molecule is CCNCc1cc(C)ccc1N(C)CC(O)COC. The van der Waals surface area contributed by atoms with Crippen LogP contribution in [0.1, 0.15) is 18.1 Å². The van der Waals surface area contributed by atoms with Crippen LogP contribution in [0.2, 0.25) is 0 Å². The van der Waals surface area contributed by atoms with Gasteiger partial charge in [0.1, 0.15) is 0 Å². The Morgan fingerprint density at radius 2 is 2.16 bits per heavy atom. The van der Waals surface area contributed by atoms with E-state index in [4.69, 9.17) is 4.74 Å². The predicted octanol–water partition coefficient (Wildman–Crippen LogP) is 1.55. The maximum Gasteiger partial charge on any atom is 0.0947 e. The topological polar surface area (TPSA) is 44.7 Å². The summed E-state index contributed by atoms with van der Waals surface area (Å²) >= 11 is 0. The van der Waals surface area contributed by atoms with Crippen molar-refractivity contribution in [3.63, 3.8) is 0 Å². The van der Waals surface area contributed by atoms with Crippen LogP contribution in [-0.4, -0.2) is 45.1 Å². The molecule has 108 valence electrons. The van der Waals surface area contributed by atoms with E-state index in [1.807, 2.05) is 7.05 Å². The number of likely N-dealkylation sites (N-methyl/N-ethyl adjacent to an activating group) is 1. The molecular formula is C15H26N2O2. The molecular weight excluding hydrogens is 240 g/mol. The van der Waals surface area contributed by atoms with E-state index in [9.17, 15) is 5.11 Å². The minimum atomic E-state index is -0.469. The number of anilines is 1. The zero-order valence-electron chi connectivity index (χ0n) is 12.4. The first-order chi connectivity index (χ1) is 9.08. The van der Waals surface area contributed by atoms with E-state index in [2.05, 4.69) is 42.3 Å². The maximum atomic E-state index is 9.82. The number of methoxy groups -OCH3 is 1. The van der Waals surface area contributed by atoms with Gasteiger partial charge in [-0.2, -0.15) is 0 Å². The third kappa shape index (κ3) is 5.19. The number of ether oxygens (including phenoxy) is 1. The molecule has 0 fully saturated rings. The molecule has 4 heteroatoms. The van der Waals surface area contributed by atoms with Gasteiger partial charge in [0, 0.05) is 32.9 Å². The molecule has 2 N–H and O–H groups in total. The summed E-state index contributed by atoms with van der Waals surface area (Å²) in [5.74, 6) is 0. The van der Waals surface area contributed by atoms with Crippen molar-refractivity contribution in [3.05, 3.63) is 29.3 Å². The van der Waals surface area contributed by atoms with Crippen LogP contribution in [0.4, 0.5) is 5.69 Å². The Bertz CT molecular complexity index is 382. The molecule has 0 heterocycles. The van der Waals surface area contributed by atoms with Crippen molar-refractivity contribution >= 4 is 5.69 Å². The molecule has 1 atom stereocenters. The van der Waals surface area contributed by atoms with Gasteiger partial charge in [-0.1, -0.05) is 24.6 Å². The first-order valence-corrected chi connectivity index (χ1v) is 6.76. The van der Waals surface area contributed by atoms with Crippen LogP contribution in [0.5, 0.6) is 0 Å². The third-order valence-corrected chi connectivity index (χ3v) is 3.06. The lowest BCUT2D eigenvalue weighted by Gasteiger charge is -2.25. The summed E-state index contributed by atoms with van der Waals surface area (Å²) in [6.07, 6.45) is -0.469. The molecule has 4 nitrogen and oxygen atoms in total. The molecule has 0 bridgehead atoms. The highest BCUT2D eigenvalue weighted by molar-refractivity contribution is 5.54. The van der Waals surface area contributed by atoms with Gasteiger partial charge in [0.2, 0.25) is 0 Å². The van der Waals surface area contributed by atoms with Gasteiger partial charge in [-0.15, -0.1) is 0 Å². The summed E-state index contributed by atoms with van der Waals surface area (Å²) in [6.45, 7) is 6.91. The molecule has 0 aliphatic heterocycles. The van der Waals surface area contributed by atoms with E-state index in [0.717, 1.165) is 18.8 Å². The first-order valence-electron chi connectivity index (χ1n) is 6.76. The Morgan fingerprint density at radius 1 is 1.42 bits per heavy atom. The van der Waals surface area contributed by atoms with Gasteiger partial charge >= 0.3 is 0 Å². The molecule has 1 rings (SSSR count). The molecule has 1 unspecified atom stereocenters. The quantitative estimate of drug-likeness (QED) is 0.749. The Kier molecular flexibility index (Phi) is 6.84. The highest BCUT2D eigenvalue weighted by atomic mass is 16.5. The van der Waals surface area contributed by atoms with Gasteiger partial charge in [0.05, 0.1) is 12.7 Å². The number of nitrogens with zero attached hydrogens (tertiary/aromatic N) is 1. The van der Waals surface area contributed by atoms with Crippen LogP contribution in [0, 0.1) is 6.92 Å². The van der Waals surface area contributed by atoms with Crippen molar-refractivity contribution in [1.29, 1.82) is 0 Å². The lowest BCUT2D eigenvalue weighted by atomic mass is 10.1. The lowest BCUT2D eigenvalue weighted by Crippen LogP contribution is -2.32. The molecule has 1 aromatic rings. The Labute approximate surface area is 116 Å². The van der Waals surface area contributed by atoms with E-state index in [1.54, 1.807) is 7.11 Å². The van der Waals surface area contributed by atoms with Crippen LogP contribution in [0.25, 0.3) is 0 Å². The molecule has 0 aliphatic rings. The fraction of sp³-hybridized carbons (Fsp3) is 0.600. The molecule has 0 radical (unpaired) electrons. The molecule has 1 aromatic carbocycles. The standard InChI is InChI=1S/C15H26N2O2/c1-5-16-9-13-8-12(2)6-7-15(13)17(3)10-14(18)11-19-4/h6-8,14,16,18H,5,9-11H2,1-4H3. The molecule has 0 saturated heterocycles. The summed E-state index contributed by atoms with van der Waals surface area (Å²) in [5, 5.41) is 13.2. The predicted molar refractivity (Wildman–Crippen MR) is 79.7 cm³/mol. The number of rotatable bonds is 8. The second-order valence-corrected chi connectivity index (χ2v) is 4.90. The second-order valence-electron chi connectivity index (χ2n) is 4.90. The summed E-state index contributed by atoms with van der Waals surface area (Å²) in [7, 11) is 3.60. The minimum Gasteiger partial charge on any atom is -0.389 e. The van der Waals surface area contributed by atoms with Gasteiger partial charge < -0.3 is 20.1 Å². The summed E-state index contributed by atoms with van der Waals surface area (Å²) in [5.41, 5.74) is 3.66. The third-order valence-electron chi connectivity index (χ3n) is 3.06. The molecule has 0 spiro atoms. The van der Waals surface area contributed by atoms with Gasteiger partial charge in [-0.25, -0.2) is 0 Å². The number of benzene rings is 1. The van der Waals surface area contributed by atoms with Crippen molar-refractivity contribution in [2.45, 2.75) is 26.5 Å². The molecule has 19 heavy (non-hydrogen) atoms. The van der Waals surface area contributed by atoms with Crippen molar-refractivity contribution in [3.8, 4) is 0 Å². The van der Waals surface area contributed by atoms with E-state index in [1.165, 1.54) is 11.1 Å². The van der Waals surface area contributed by atoms with Gasteiger partial charge in [0.15, 0.2) is 0 Å². The van der Waals surface area contributed by atoms with Crippen LogP contribution in [0.15, 0.2) is 18.2 Å². The Morgan fingerprint density at radius 3 is 2.79 bits per heavy atom. The molecule has 0 aliphatic carbocycles. The number of nitrogens with one attached hydrogen (secondary N) is 1. The van der Waals surface area contributed by atoms with Gasteiger partial charge in [-0.05, 0) is 25.1 Å². The van der Waals surface area contributed by atoms with Crippen LogP contribution < -0.4 is 10.2 Å². The maximum absolute atomic E-state index is 9.82. The summed E-state index contributed by atoms with van der Waals surface area (Å²) in [4.78, 5) is 2.08. The number of aliphatic hydroxyl groups excluding tert-OH is 1. The van der Waals surface area contributed by atoms with Crippen molar-refractivity contribution in [1.82, 2.24) is 5.32 Å². The number of hydrogen-bond acceptors (Lipinski definition) is 4. The molecule has 0 aromatic heterocycles. The normalized spacial score (nSPS) is 12.5. The highest BCUT2D eigenvalue weighted by Gasteiger charge is 2.12. The average molecular weight is 266 g/mol. The zero-order chi connectivity index (χ0) is 14.3. The van der Waals surface area contributed by atoms with Crippen LogP contribution in [0.3, 0.4) is 0 Å². The number of hydrogen-bond donors (Lipinski definition) is 2. The molecule has 0 amide bonds. The van der Waals surface area contributed by atoms with Crippen molar-refractivity contribution in [2.24, 2.45) is 0 Å². The van der Waals surface area contributed by atoms with E-state index >= 15 is 0 Å². The lowest BCUT2D eigenvalue weighted by molar-refractivity contribution is 0.0695. The summed E-state index contributed by atoms with van der Waals surface area (Å²) in [6, 6.07) is 6.41. The second kappa shape index (κ2) is 8.15. The molecule has 0 saturated carbocycles. The minimum absolute atomic E-state index is 0.360. The number of aliphatic hydroxyl groups is 1. The van der Waals surface area contributed by atoms with E-state index in [0.29, 0.717) is 13.2 Å². The van der Waals surface area contributed by atoms with E-state index < -0.39 is 6.10 Å². The van der Waals surface area contributed by atoms with Gasteiger partial charge in [0.25, 0.3) is 0 Å². The highest BCUT2D eigenvalue weighted by Crippen LogP contribution is 2.21. The smallest absolute Gasteiger partial charge is 0.0947 e. The fourth-order valence-electron chi connectivity index (χ4n) is 2.15. The number of aryl methyl sites for hydroxylation is 1. The monoisotopic (exact) mass is 266 g/mol. The van der Waals surface area contributed by atoms with E-state index in [-0.39, 0.29) is 0 Å². The Balaban J connectivity index is 2.79. The summed E-state index contributed by atoms with van der Waals surface area (Å²) < 4.78 is 4.97. The van der Waals surface area contributed by atoms with Crippen LogP contribution >= 0.6 is 0 Å². The van der Waals surface area contributed by atoms with Crippen molar-refractivity contribution in [2.75, 3.05) is 38.8 Å². The average Bonchev–Trinajstić information content (AvgIpc) is 2.36. The zero-order valence-corrected chi connectivity index (χ0v) is 12.4. The largest absolute Gasteiger partial charge is 0.389 e.